The zero-order valence-corrected chi connectivity index (χ0v) is 12.7. The van der Waals surface area contributed by atoms with Crippen LogP contribution in [0, 0.1) is 6.92 Å². The Kier molecular flexibility index (Phi) is 4.18. The molecule has 3 rings (SSSR count). The number of aromatic nitrogens is 2. The summed E-state index contributed by atoms with van der Waals surface area (Å²) in [5.74, 6) is -0.433. The van der Waals surface area contributed by atoms with Crippen molar-refractivity contribution in [2.24, 2.45) is 0 Å². The molecular formula is C18H20N2O2. The number of pyridine rings is 2. The van der Waals surface area contributed by atoms with Gasteiger partial charge in [-0.25, -0.2) is 4.79 Å². The molecular weight excluding hydrogens is 276 g/mol. The predicted octanol–water partition coefficient (Wildman–Crippen LogP) is 3.54. The van der Waals surface area contributed by atoms with Crippen LogP contribution in [0.25, 0.3) is 0 Å². The minimum absolute atomic E-state index is 0.324. The molecule has 0 saturated heterocycles. The molecule has 0 aromatic carbocycles. The Morgan fingerprint density at radius 3 is 3.09 bits per heavy atom. The molecule has 0 saturated carbocycles. The van der Waals surface area contributed by atoms with Crippen LogP contribution in [-0.4, -0.2) is 21.0 Å². The molecule has 0 bridgehead atoms. The van der Waals surface area contributed by atoms with E-state index in [4.69, 9.17) is 5.11 Å². The highest BCUT2D eigenvalue weighted by molar-refractivity contribution is 5.87. The summed E-state index contributed by atoms with van der Waals surface area (Å²) >= 11 is 0. The van der Waals surface area contributed by atoms with Crippen LogP contribution < -0.4 is 0 Å². The molecule has 2 aromatic rings. The second-order valence-corrected chi connectivity index (χ2v) is 5.97. The van der Waals surface area contributed by atoms with Gasteiger partial charge in [0, 0.05) is 29.2 Å². The van der Waals surface area contributed by atoms with Crippen LogP contribution in [-0.2, 0) is 12.8 Å². The van der Waals surface area contributed by atoms with E-state index in [0.29, 0.717) is 11.5 Å². The van der Waals surface area contributed by atoms with E-state index >= 15 is 0 Å². The number of fused-ring (bicyclic) bond motifs is 1. The van der Waals surface area contributed by atoms with Gasteiger partial charge in [0.1, 0.15) is 0 Å². The lowest BCUT2D eigenvalue weighted by Gasteiger charge is -2.24. The summed E-state index contributed by atoms with van der Waals surface area (Å²) in [6, 6.07) is 7.48. The fourth-order valence-electron chi connectivity index (χ4n) is 3.30. The van der Waals surface area contributed by atoms with Gasteiger partial charge in [0.25, 0.3) is 0 Å². The Morgan fingerprint density at radius 2 is 2.27 bits per heavy atom. The summed E-state index contributed by atoms with van der Waals surface area (Å²) < 4.78 is 0. The monoisotopic (exact) mass is 296 g/mol. The zero-order chi connectivity index (χ0) is 15.5. The van der Waals surface area contributed by atoms with E-state index < -0.39 is 5.97 Å². The van der Waals surface area contributed by atoms with Crippen LogP contribution in [0.1, 0.15) is 58.2 Å². The highest BCUT2D eigenvalue weighted by Crippen LogP contribution is 2.33. The molecule has 0 spiro atoms. The predicted molar refractivity (Wildman–Crippen MR) is 84.2 cm³/mol. The number of hydrogen-bond acceptors (Lipinski definition) is 3. The van der Waals surface area contributed by atoms with Crippen LogP contribution in [0.4, 0.5) is 0 Å². The Bertz CT molecular complexity index is 697. The maximum atomic E-state index is 11.1. The fourth-order valence-corrected chi connectivity index (χ4v) is 3.30. The molecule has 1 N–H and O–H groups in total. The summed E-state index contributed by atoms with van der Waals surface area (Å²) in [5.41, 5.74) is 4.53. The van der Waals surface area contributed by atoms with E-state index in [1.807, 2.05) is 19.2 Å². The zero-order valence-electron chi connectivity index (χ0n) is 12.7. The van der Waals surface area contributed by atoms with E-state index in [1.165, 1.54) is 17.7 Å². The van der Waals surface area contributed by atoms with Crippen molar-refractivity contribution in [2.45, 2.75) is 44.9 Å². The summed E-state index contributed by atoms with van der Waals surface area (Å²) in [6.07, 6.45) is 7.10. The molecule has 0 fully saturated rings. The van der Waals surface area contributed by atoms with Crippen LogP contribution in [0.15, 0.2) is 30.5 Å². The third-order valence-corrected chi connectivity index (χ3v) is 4.31. The standard InChI is InChI=1S/C18H20N2O2/c1-12-10-15(18(21)22)11-16(20-12)8-7-14-5-2-4-13-6-3-9-19-17(13)14/h3,6,9-11,14H,2,4-5,7-8H2,1H3,(H,21,22). The number of rotatable bonds is 4. The van der Waals surface area contributed by atoms with Crippen molar-refractivity contribution >= 4 is 5.97 Å². The average molecular weight is 296 g/mol. The lowest BCUT2D eigenvalue weighted by molar-refractivity contribution is 0.0696. The molecule has 2 aromatic heterocycles. The number of carboxylic acids is 1. The second kappa shape index (κ2) is 6.26. The fraction of sp³-hybridized carbons (Fsp3) is 0.389. The number of nitrogens with zero attached hydrogens (tertiary/aromatic N) is 2. The van der Waals surface area contributed by atoms with E-state index in [-0.39, 0.29) is 0 Å². The lowest BCUT2D eigenvalue weighted by Crippen LogP contribution is -2.13. The lowest BCUT2D eigenvalue weighted by atomic mass is 9.83. The van der Waals surface area contributed by atoms with Gasteiger partial charge in [0.15, 0.2) is 0 Å². The normalized spacial score (nSPS) is 17.0. The molecule has 4 nitrogen and oxygen atoms in total. The van der Waals surface area contributed by atoms with Gasteiger partial charge in [0.2, 0.25) is 0 Å². The van der Waals surface area contributed by atoms with Crippen LogP contribution in [0.3, 0.4) is 0 Å². The maximum Gasteiger partial charge on any atom is 0.335 e. The van der Waals surface area contributed by atoms with E-state index in [2.05, 4.69) is 16.0 Å². The van der Waals surface area contributed by atoms with Gasteiger partial charge in [0.05, 0.1) is 5.56 Å². The van der Waals surface area contributed by atoms with Gasteiger partial charge in [-0.3, -0.25) is 9.97 Å². The molecule has 1 aliphatic carbocycles. The summed E-state index contributed by atoms with van der Waals surface area (Å²) in [4.78, 5) is 20.2. The largest absolute Gasteiger partial charge is 0.478 e. The van der Waals surface area contributed by atoms with Crippen molar-refractivity contribution in [1.29, 1.82) is 0 Å². The van der Waals surface area contributed by atoms with Gasteiger partial charge < -0.3 is 5.11 Å². The summed E-state index contributed by atoms with van der Waals surface area (Å²) in [6.45, 7) is 1.84. The first-order valence-electron chi connectivity index (χ1n) is 7.78. The number of aromatic carboxylic acids is 1. The third kappa shape index (κ3) is 3.16. The Morgan fingerprint density at radius 1 is 1.41 bits per heavy atom. The number of carbonyl (C=O) groups is 1. The Labute approximate surface area is 130 Å². The van der Waals surface area contributed by atoms with Crippen molar-refractivity contribution in [3.63, 3.8) is 0 Å². The van der Waals surface area contributed by atoms with Crippen molar-refractivity contribution in [2.75, 3.05) is 0 Å². The molecule has 4 heteroatoms. The minimum Gasteiger partial charge on any atom is -0.478 e. The molecule has 1 atom stereocenters. The molecule has 0 aliphatic heterocycles. The smallest absolute Gasteiger partial charge is 0.335 e. The maximum absolute atomic E-state index is 11.1. The number of carboxylic acid groups (broad SMARTS) is 1. The van der Waals surface area contributed by atoms with Crippen LogP contribution in [0.2, 0.25) is 0 Å². The molecule has 0 amide bonds. The Hall–Kier alpha value is -2.23. The SMILES string of the molecule is Cc1cc(C(=O)O)cc(CCC2CCCc3cccnc32)n1. The molecule has 2 heterocycles. The van der Waals surface area contributed by atoms with E-state index in [0.717, 1.165) is 37.1 Å². The molecule has 0 radical (unpaired) electrons. The van der Waals surface area contributed by atoms with Crippen molar-refractivity contribution in [3.05, 3.63) is 58.7 Å². The van der Waals surface area contributed by atoms with Crippen LogP contribution in [0.5, 0.6) is 0 Å². The van der Waals surface area contributed by atoms with Crippen molar-refractivity contribution < 1.29 is 9.90 Å². The van der Waals surface area contributed by atoms with Crippen molar-refractivity contribution in [3.8, 4) is 0 Å². The van der Waals surface area contributed by atoms with Gasteiger partial charge in [-0.1, -0.05) is 6.07 Å². The van der Waals surface area contributed by atoms with Gasteiger partial charge >= 0.3 is 5.97 Å². The third-order valence-electron chi connectivity index (χ3n) is 4.31. The van der Waals surface area contributed by atoms with Gasteiger partial charge in [-0.15, -0.1) is 0 Å². The molecule has 114 valence electrons. The first-order chi connectivity index (χ1) is 10.6. The van der Waals surface area contributed by atoms with Gasteiger partial charge in [-0.05, 0) is 62.8 Å². The molecule has 22 heavy (non-hydrogen) atoms. The first-order valence-corrected chi connectivity index (χ1v) is 7.78. The first kappa shape index (κ1) is 14.7. The highest BCUT2D eigenvalue weighted by Gasteiger charge is 2.21. The second-order valence-electron chi connectivity index (χ2n) is 5.97. The summed E-state index contributed by atoms with van der Waals surface area (Å²) in [7, 11) is 0. The topological polar surface area (TPSA) is 63.1 Å². The minimum atomic E-state index is -0.892. The highest BCUT2D eigenvalue weighted by atomic mass is 16.4. The number of hydrogen-bond donors (Lipinski definition) is 1. The van der Waals surface area contributed by atoms with Crippen LogP contribution >= 0.6 is 0 Å². The quantitative estimate of drug-likeness (QED) is 0.937. The molecule has 1 unspecified atom stereocenters. The van der Waals surface area contributed by atoms with E-state index in [1.54, 1.807) is 12.1 Å². The van der Waals surface area contributed by atoms with E-state index in [9.17, 15) is 4.79 Å². The van der Waals surface area contributed by atoms with Crippen molar-refractivity contribution in [1.82, 2.24) is 9.97 Å². The summed E-state index contributed by atoms with van der Waals surface area (Å²) in [5, 5.41) is 9.14. The Balaban J connectivity index is 1.75. The average Bonchev–Trinajstić information content (AvgIpc) is 2.52. The number of aryl methyl sites for hydroxylation is 3. The van der Waals surface area contributed by atoms with Gasteiger partial charge in [-0.2, -0.15) is 0 Å². The molecule has 1 aliphatic rings.